The number of hydrogen-bond acceptors (Lipinski definition) is 5. The van der Waals surface area contributed by atoms with Crippen molar-refractivity contribution in [2.24, 2.45) is 0 Å². The van der Waals surface area contributed by atoms with Crippen molar-refractivity contribution in [3.05, 3.63) is 87.9 Å². The van der Waals surface area contributed by atoms with E-state index in [4.69, 9.17) is 21.1 Å². The number of carbonyl (C=O) groups excluding carboxylic acids is 2. The maximum Gasteiger partial charge on any atom is 0.320 e. The standard InChI is InChI=1S/C32H35ClO4S/c1-21-19-28(22(2)18-27(21)23-8-12-25(33)13-9-23)30(31(35)37-4)29(34)20-38-32(16-6-5-7-17-32)24-10-14-26(36-3)15-11-24/h8-15,18-19,30H,5-7,16-17,20H2,1-4H3. The van der Waals surface area contributed by atoms with Crippen molar-refractivity contribution in [2.75, 3.05) is 20.0 Å². The molecule has 1 saturated carbocycles. The van der Waals surface area contributed by atoms with Crippen LogP contribution < -0.4 is 4.74 Å². The maximum absolute atomic E-state index is 13.8. The fraction of sp³-hybridized carbons (Fsp3) is 0.375. The van der Waals surface area contributed by atoms with E-state index in [-0.39, 0.29) is 16.3 Å². The molecule has 1 aliphatic carbocycles. The quantitative estimate of drug-likeness (QED) is 0.199. The van der Waals surface area contributed by atoms with Gasteiger partial charge in [0.1, 0.15) is 11.7 Å². The van der Waals surface area contributed by atoms with Crippen molar-refractivity contribution in [3.8, 4) is 16.9 Å². The van der Waals surface area contributed by atoms with Crippen LogP contribution in [0.4, 0.5) is 0 Å². The number of carbonyl (C=O) groups is 2. The summed E-state index contributed by atoms with van der Waals surface area (Å²) in [7, 11) is 3.01. The molecule has 1 atom stereocenters. The van der Waals surface area contributed by atoms with Crippen molar-refractivity contribution < 1.29 is 19.1 Å². The van der Waals surface area contributed by atoms with E-state index in [0.29, 0.717) is 10.6 Å². The van der Waals surface area contributed by atoms with Crippen molar-refractivity contribution in [1.82, 2.24) is 0 Å². The van der Waals surface area contributed by atoms with Gasteiger partial charge in [-0.15, -0.1) is 11.8 Å². The van der Waals surface area contributed by atoms with Crippen LogP contribution in [0.25, 0.3) is 11.1 Å². The number of aryl methyl sites for hydroxylation is 2. The first-order valence-corrected chi connectivity index (χ1v) is 14.4. The van der Waals surface area contributed by atoms with Gasteiger partial charge in [0, 0.05) is 9.77 Å². The highest BCUT2D eigenvalue weighted by molar-refractivity contribution is 8.00. The number of esters is 1. The summed E-state index contributed by atoms with van der Waals surface area (Å²) in [5.41, 5.74) is 5.89. The minimum atomic E-state index is -0.957. The molecule has 1 unspecified atom stereocenters. The van der Waals surface area contributed by atoms with Crippen LogP contribution in [-0.2, 0) is 19.1 Å². The summed E-state index contributed by atoms with van der Waals surface area (Å²) in [6, 6.07) is 19.9. The number of rotatable bonds is 9. The number of hydrogen-bond donors (Lipinski definition) is 0. The normalized spacial score (nSPS) is 15.5. The second-order valence-corrected chi connectivity index (χ2v) is 11.8. The molecule has 4 rings (SSSR count). The summed E-state index contributed by atoms with van der Waals surface area (Å²) in [5.74, 6) is -0.536. The predicted octanol–water partition coefficient (Wildman–Crippen LogP) is 8.05. The number of benzene rings is 3. The monoisotopic (exact) mass is 550 g/mol. The molecule has 4 nitrogen and oxygen atoms in total. The lowest BCUT2D eigenvalue weighted by Crippen LogP contribution is -2.30. The first-order valence-electron chi connectivity index (χ1n) is 13.0. The van der Waals surface area contributed by atoms with Gasteiger partial charge in [-0.25, -0.2) is 0 Å². The van der Waals surface area contributed by atoms with Crippen LogP contribution in [0.15, 0.2) is 60.7 Å². The first kappa shape index (κ1) is 28.3. The van der Waals surface area contributed by atoms with Crippen LogP contribution in [0.2, 0.25) is 5.02 Å². The summed E-state index contributed by atoms with van der Waals surface area (Å²) >= 11 is 7.75. The second kappa shape index (κ2) is 12.4. The van der Waals surface area contributed by atoms with E-state index < -0.39 is 11.9 Å². The lowest BCUT2D eigenvalue weighted by atomic mass is 9.83. The lowest BCUT2D eigenvalue weighted by Gasteiger charge is -2.37. The van der Waals surface area contributed by atoms with Crippen molar-refractivity contribution in [3.63, 3.8) is 0 Å². The average molecular weight is 551 g/mol. The molecule has 6 heteroatoms. The molecular weight excluding hydrogens is 516 g/mol. The summed E-state index contributed by atoms with van der Waals surface area (Å²) in [4.78, 5) is 26.8. The van der Waals surface area contributed by atoms with Crippen LogP contribution in [0, 0.1) is 13.8 Å². The summed E-state index contributed by atoms with van der Waals surface area (Å²) in [6.45, 7) is 3.95. The Morgan fingerprint density at radius 2 is 1.58 bits per heavy atom. The molecule has 0 N–H and O–H groups in total. The molecule has 200 valence electrons. The zero-order chi connectivity index (χ0) is 27.3. The zero-order valence-corrected chi connectivity index (χ0v) is 24.1. The van der Waals surface area contributed by atoms with Gasteiger partial charge in [0.25, 0.3) is 0 Å². The number of methoxy groups -OCH3 is 2. The van der Waals surface area contributed by atoms with E-state index >= 15 is 0 Å². The van der Waals surface area contributed by atoms with Gasteiger partial charge in [0.2, 0.25) is 0 Å². The van der Waals surface area contributed by atoms with Gasteiger partial charge in [-0.2, -0.15) is 0 Å². The van der Waals surface area contributed by atoms with Crippen LogP contribution in [0.1, 0.15) is 60.3 Å². The van der Waals surface area contributed by atoms with Gasteiger partial charge in [-0.1, -0.05) is 67.3 Å². The first-order chi connectivity index (χ1) is 18.3. The molecule has 0 heterocycles. The molecule has 3 aromatic carbocycles. The van der Waals surface area contributed by atoms with E-state index in [1.165, 1.54) is 19.1 Å². The minimum absolute atomic E-state index is 0.123. The largest absolute Gasteiger partial charge is 0.497 e. The molecular formula is C32H35ClO4S. The van der Waals surface area contributed by atoms with E-state index in [2.05, 4.69) is 12.1 Å². The number of ether oxygens (including phenoxy) is 2. The van der Waals surface area contributed by atoms with Gasteiger partial charge < -0.3 is 9.47 Å². The second-order valence-electron chi connectivity index (χ2n) is 10.0. The number of halogens is 1. The topological polar surface area (TPSA) is 52.6 Å². The molecule has 1 aliphatic rings. The summed E-state index contributed by atoms with van der Waals surface area (Å²) < 4.78 is 10.3. The predicted molar refractivity (Wildman–Crippen MR) is 156 cm³/mol. The van der Waals surface area contributed by atoms with Gasteiger partial charge in [-0.05, 0) is 84.3 Å². The third-order valence-electron chi connectivity index (χ3n) is 7.61. The molecule has 38 heavy (non-hydrogen) atoms. The molecule has 3 aromatic rings. The highest BCUT2D eigenvalue weighted by atomic mass is 35.5. The Labute approximate surface area is 235 Å². The Hall–Kier alpha value is -2.76. The molecule has 0 aromatic heterocycles. The SMILES string of the molecule is COC(=O)C(C(=O)CSC1(c2ccc(OC)cc2)CCCCC1)c1cc(C)c(-c2ccc(Cl)cc2)cc1C. The van der Waals surface area contributed by atoms with Crippen LogP contribution in [-0.4, -0.2) is 31.7 Å². The molecule has 0 aliphatic heterocycles. The average Bonchev–Trinajstić information content (AvgIpc) is 2.94. The van der Waals surface area contributed by atoms with Crippen molar-refractivity contribution >= 4 is 35.1 Å². The molecule has 1 fully saturated rings. The maximum atomic E-state index is 13.8. The Balaban J connectivity index is 1.62. The van der Waals surface area contributed by atoms with Crippen molar-refractivity contribution in [1.29, 1.82) is 0 Å². The molecule has 0 bridgehead atoms. The van der Waals surface area contributed by atoms with Crippen LogP contribution >= 0.6 is 23.4 Å². The van der Waals surface area contributed by atoms with E-state index in [1.807, 2.05) is 62.4 Å². The Bertz CT molecular complexity index is 1280. The van der Waals surface area contributed by atoms with Gasteiger partial charge in [0.05, 0.1) is 20.0 Å². The van der Waals surface area contributed by atoms with Crippen molar-refractivity contribution in [2.45, 2.75) is 56.6 Å². The zero-order valence-electron chi connectivity index (χ0n) is 22.5. The van der Waals surface area contributed by atoms with Crippen LogP contribution in [0.5, 0.6) is 5.75 Å². The third kappa shape index (κ3) is 6.10. The Kier molecular flexibility index (Phi) is 9.22. The minimum Gasteiger partial charge on any atom is -0.497 e. The highest BCUT2D eigenvalue weighted by Crippen LogP contribution is 2.49. The third-order valence-corrected chi connectivity index (χ3v) is 9.48. The Morgan fingerprint density at radius 1 is 0.921 bits per heavy atom. The Morgan fingerprint density at radius 3 is 2.18 bits per heavy atom. The van der Waals surface area contributed by atoms with E-state index in [9.17, 15) is 9.59 Å². The number of thioether (sulfide) groups is 1. The molecule has 0 radical (unpaired) electrons. The molecule has 0 spiro atoms. The fourth-order valence-corrected chi connectivity index (χ4v) is 7.06. The molecule has 0 amide bonds. The highest BCUT2D eigenvalue weighted by Gasteiger charge is 2.38. The van der Waals surface area contributed by atoms with Gasteiger partial charge in [-0.3, -0.25) is 9.59 Å². The lowest BCUT2D eigenvalue weighted by molar-refractivity contribution is -0.145. The number of ketones is 1. The fourth-order valence-electron chi connectivity index (χ4n) is 5.47. The van der Waals surface area contributed by atoms with Gasteiger partial charge >= 0.3 is 5.97 Å². The molecule has 0 saturated heterocycles. The summed E-state index contributed by atoms with van der Waals surface area (Å²) in [5, 5.41) is 0.680. The smallest absolute Gasteiger partial charge is 0.320 e. The van der Waals surface area contributed by atoms with Gasteiger partial charge in [0.15, 0.2) is 5.78 Å². The number of Topliss-reactive ketones (excluding diaryl/α,β-unsaturated/α-hetero) is 1. The van der Waals surface area contributed by atoms with E-state index in [0.717, 1.165) is 53.7 Å². The summed E-state index contributed by atoms with van der Waals surface area (Å²) in [6.07, 6.45) is 5.47. The van der Waals surface area contributed by atoms with Crippen LogP contribution in [0.3, 0.4) is 0 Å². The van der Waals surface area contributed by atoms with E-state index in [1.54, 1.807) is 18.9 Å².